The Balaban J connectivity index is 2.31. The van der Waals surface area contributed by atoms with Gasteiger partial charge in [-0.1, -0.05) is 29.8 Å². The van der Waals surface area contributed by atoms with Crippen molar-refractivity contribution in [3.63, 3.8) is 0 Å². The van der Waals surface area contributed by atoms with Crippen LogP contribution in [0, 0.1) is 11.8 Å². The van der Waals surface area contributed by atoms with Gasteiger partial charge in [-0.25, -0.2) is 0 Å². The van der Waals surface area contributed by atoms with Crippen LogP contribution in [0.15, 0.2) is 12.1 Å². The highest BCUT2D eigenvalue weighted by Crippen LogP contribution is 2.45. The van der Waals surface area contributed by atoms with Crippen molar-refractivity contribution in [2.75, 3.05) is 26.2 Å². The summed E-state index contributed by atoms with van der Waals surface area (Å²) in [6.45, 7) is 7.57. The van der Waals surface area contributed by atoms with Gasteiger partial charge < -0.3 is 14.2 Å². The quantitative estimate of drug-likeness (QED) is 0.623. The van der Waals surface area contributed by atoms with Gasteiger partial charge in [0.15, 0.2) is 11.5 Å². The lowest BCUT2D eigenvalue weighted by Crippen LogP contribution is -2.38. The third-order valence-corrected chi connectivity index (χ3v) is 6.32. The lowest BCUT2D eigenvalue weighted by atomic mass is 9.76. The lowest BCUT2D eigenvalue weighted by molar-refractivity contribution is -0.0872. The first-order valence-electron chi connectivity index (χ1n) is 8.41. The Hall–Kier alpha value is -0.740. The molecule has 23 heavy (non-hydrogen) atoms. The maximum atomic E-state index is 6.28. The summed E-state index contributed by atoms with van der Waals surface area (Å²) in [7, 11) is 3.37. The van der Waals surface area contributed by atoms with Gasteiger partial charge in [0.05, 0.1) is 26.4 Å². The first-order valence-corrected chi connectivity index (χ1v) is 9.53. The van der Waals surface area contributed by atoms with Crippen LogP contribution in [0.3, 0.4) is 0 Å². The van der Waals surface area contributed by atoms with Gasteiger partial charge in [-0.3, -0.25) is 0 Å². The second-order valence-corrected chi connectivity index (χ2v) is 7.46. The first-order chi connectivity index (χ1) is 11.0. The van der Waals surface area contributed by atoms with Crippen LogP contribution in [-0.2, 0) is 16.8 Å². The maximum Gasteiger partial charge on any atom is 0.161 e. The van der Waals surface area contributed by atoms with Crippen molar-refractivity contribution in [1.29, 1.82) is 0 Å². The Labute approximate surface area is 148 Å². The van der Waals surface area contributed by atoms with E-state index >= 15 is 0 Å². The van der Waals surface area contributed by atoms with Crippen LogP contribution in [0.1, 0.15) is 44.7 Å². The number of benzene rings is 1. The third kappa shape index (κ3) is 3.85. The summed E-state index contributed by atoms with van der Waals surface area (Å²) < 4.78 is 17.2. The van der Waals surface area contributed by atoms with E-state index in [0.717, 1.165) is 36.3 Å². The number of methoxy groups -OCH3 is 2. The van der Waals surface area contributed by atoms with Crippen LogP contribution in [0.5, 0.6) is 11.5 Å². The molecule has 0 radical (unpaired) electrons. The molecule has 130 valence electrons. The highest BCUT2D eigenvalue weighted by Gasteiger charge is 2.39. The van der Waals surface area contributed by atoms with Crippen molar-refractivity contribution in [2.45, 2.75) is 45.6 Å². The van der Waals surface area contributed by atoms with E-state index in [9.17, 15) is 0 Å². The van der Waals surface area contributed by atoms with Crippen LogP contribution >= 0.6 is 15.9 Å². The number of ether oxygens (including phenoxy) is 3. The summed E-state index contributed by atoms with van der Waals surface area (Å²) in [5, 5.41) is 1.05. The van der Waals surface area contributed by atoms with Crippen LogP contribution in [0.25, 0.3) is 0 Å². The number of fused-ring (bicyclic) bond motifs is 1. The molecule has 0 saturated heterocycles. The molecule has 0 amide bonds. The average Bonchev–Trinajstić information content (AvgIpc) is 2.58. The lowest BCUT2D eigenvalue weighted by Gasteiger charge is -2.41. The normalized spacial score (nSPS) is 23.0. The van der Waals surface area contributed by atoms with Gasteiger partial charge in [-0.15, -0.1) is 0 Å². The fourth-order valence-electron chi connectivity index (χ4n) is 3.34. The van der Waals surface area contributed by atoms with Gasteiger partial charge in [0.2, 0.25) is 0 Å². The second kappa shape index (κ2) is 7.89. The van der Waals surface area contributed by atoms with Gasteiger partial charge in [-0.05, 0) is 61.3 Å². The maximum absolute atomic E-state index is 6.28. The fourth-order valence-corrected chi connectivity index (χ4v) is 3.66. The van der Waals surface area contributed by atoms with E-state index in [0.29, 0.717) is 11.8 Å². The zero-order valence-electron chi connectivity index (χ0n) is 14.9. The van der Waals surface area contributed by atoms with E-state index in [1.807, 2.05) is 0 Å². The third-order valence-electron chi connectivity index (χ3n) is 5.21. The Morgan fingerprint density at radius 1 is 1.17 bits per heavy atom. The Kier molecular flexibility index (Phi) is 6.38. The van der Waals surface area contributed by atoms with Crippen molar-refractivity contribution in [3.8, 4) is 11.5 Å². The van der Waals surface area contributed by atoms with Crippen LogP contribution in [-0.4, -0.2) is 26.2 Å². The molecule has 0 saturated carbocycles. The summed E-state index contributed by atoms with van der Waals surface area (Å²) in [4.78, 5) is 0. The van der Waals surface area contributed by atoms with E-state index in [-0.39, 0.29) is 5.60 Å². The topological polar surface area (TPSA) is 27.7 Å². The number of halogens is 1. The molecular formula is C19H29BrO3. The summed E-state index contributed by atoms with van der Waals surface area (Å²) in [5.74, 6) is 2.72. The Morgan fingerprint density at radius 3 is 2.43 bits per heavy atom. The summed E-state index contributed by atoms with van der Waals surface area (Å²) in [5.41, 5.74) is 2.30. The minimum absolute atomic E-state index is 0.265. The number of alkyl halides is 1. The zero-order valence-corrected chi connectivity index (χ0v) is 16.5. The van der Waals surface area contributed by atoms with Gasteiger partial charge in [0, 0.05) is 5.33 Å². The predicted octanol–water partition coefficient (Wildman–Crippen LogP) is 4.94. The number of hydrogen-bond donors (Lipinski definition) is 0. The minimum Gasteiger partial charge on any atom is -0.493 e. The molecule has 0 aliphatic carbocycles. The van der Waals surface area contributed by atoms with Crippen LogP contribution < -0.4 is 9.47 Å². The molecule has 0 aromatic heterocycles. The molecule has 3 unspecified atom stereocenters. The van der Waals surface area contributed by atoms with E-state index in [1.165, 1.54) is 17.5 Å². The molecule has 3 nitrogen and oxygen atoms in total. The standard InChI is InChI=1S/C19H29BrO3/c1-13(12-20)6-7-14(2)19(3)16-11-18(22-5)17(21-4)10-15(16)8-9-23-19/h10-11,13-14H,6-9,12H2,1-5H3. The summed E-state index contributed by atoms with van der Waals surface area (Å²) >= 11 is 3.57. The van der Waals surface area contributed by atoms with Crippen molar-refractivity contribution in [3.05, 3.63) is 23.3 Å². The van der Waals surface area contributed by atoms with E-state index in [4.69, 9.17) is 14.2 Å². The monoisotopic (exact) mass is 384 g/mol. The molecule has 1 aromatic carbocycles. The molecule has 1 heterocycles. The molecule has 1 aliphatic rings. The van der Waals surface area contributed by atoms with Crippen molar-refractivity contribution < 1.29 is 14.2 Å². The van der Waals surface area contributed by atoms with Crippen LogP contribution in [0.4, 0.5) is 0 Å². The highest BCUT2D eigenvalue weighted by molar-refractivity contribution is 9.09. The van der Waals surface area contributed by atoms with Gasteiger partial charge in [-0.2, -0.15) is 0 Å². The van der Waals surface area contributed by atoms with Gasteiger partial charge >= 0.3 is 0 Å². The van der Waals surface area contributed by atoms with Gasteiger partial charge in [0.1, 0.15) is 0 Å². The predicted molar refractivity (Wildman–Crippen MR) is 97.9 cm³/mol. The first kappa shape index (κ1) is 18.6. The number of hydrogen-bond acceptors (Lipinski definition) is 3. The Morgan fingerprint density at radius 2 is 1.83 bits per heavy atom. The fraction of sp³-hybridized carbons (Fsp3) is 0.684. The van der Waals surface area contributed by atoms with E-state index in [2.05, 4.69) is 48.8 Å². The zero-order chi connectivity index (χ0) is 17.0. The molecular weight excluding hydrogens is 356 g/mol. The molecule has 4 heteroatoms. The molecule has 1 aliphatic heterocycles. The van der Waals surface area contributed by atoms with Crippen LogP contribution in [0.2, 0.25) is 0 Å². The molecule has 1 aromatic rings. The SMILES string of the molecule is COc1cc2c(cc1OC)C(C)(C(C)CCC(C)CBr)OCC2. The molecule has 0 spiro atoms. The smallest absolute Gasteiger partial charge is 0.161 e. The van der Waals surface area contributed by atoms with E-state index in [1.54, 1.807) is 14.2 Å². The minimum atomic E-state index is -0.265. The van der Waals surface area contributed by atoms with Gasteiger partial charge in [0.25, 0.3) is 0 Å². The number of rotatable bonds is 7. The second-order valence-electron chi connectivity index (χ2n) is 6.81. The van der Waals surface area contributed by atoms with Crippen molar-refractivity contribution in [1.82, 2.24) is 0 Å². The molecule has 3 atom stereocenters. The molecule has 0 N–H and O–H groups in total. The summed E-state index contributed by atoms with van der Waals surface area (Å²) in [6, 6.07) is 4.22. The molecule has 0 fully saturated rings. The molecule has 0 bridgehead atoms. The van der Waals surface area contributed by atoms with E-state index < -0.39 is 0 Å². The van der Waals surface area contributed by atoms with Crippen molar-refractivity contribution >= 4 is 15.9 Å². The van der Waals surface area contributed by atoms with Crippen molar-refractivity contribution in [2.24, 2.45) is 11.8 Å². The Bertz CT molecular complexity index is 532. The average molecular weight is 385 g/mol. The summed E-state index contributed by atoms with van der Waals surface area (Å²) in [6.07, 6.45) is 3.28. The largest absolute Gasteiger partial charge is 0.493 e. The highest BCUT2D eigenvalue weighted by atomic mass is 79.9. The molecule has 2 rings (SSSR count).